The van der Waals surface area contributed by atoms with Gasteiger partial charge in [0.05, 0.1) is 16.8 Å². The molecule has 0 saturated carbocycles. The van der Waals surface area contributed by atoms with E-state index in [4.69, 9.17) is 11.6 Å². The molecule has 6 heteroatoms. The number of carbonyl (C=O) groups is 2. The molecule has 1 aromatic rings. The number of nitrogens with one attached hydrogen (secondary N) is 2. The Kier molecular flexibility index (Phi) is 5.20. The SMILES string of the molecule is CCC1CCNC(C(=O)Nc2cccc(Cl)c2C(=O)O)C1. The lowest BCUT2D eigenvalue weighted by Crippen LogP contribution is -2.46. The normalized spacial score (nSPS) is 21.8. The lowest BCUT2D eigenvalue weighted by atomic mass is 9.90. The Hall–Kier alpha value is -1.59. The van der Waals surface area contributed by atoms with Gasteiger partial charge in [-0.1, -0.05) is 31.0 Å². The van der Waals surface area contributed by atoms with Gasteiger partial charge in [0.15, 0.2) is 0 Å². The van der Waals surface area contributed by atoms with Gasteiger partial charge in [0.1, 0.15) is 5.56 Å². The zero-order valence-electron chi connectivity index (χ0n) is 11.9. The standard InChI is InChI=1S/C15H19ClN2O3/c1-2-9-6-7-17-12(8-9)14(19)18-11-5-3-4-10(16)13(11)15(20)21/h3-5,9,12,17H,2,6-8H2,1H3,(H,18,19)(H,20,21). The van der Waals surface area contributed by atoms with Crippen LogP contribution in [-0.4, -0.2) is 29.6 Å². The van der Waals surface area contributed by atoms with Gasteiger partial charge in [0.2, 0.25) is 5.91 Å². The van der Waals surface area contributed by atoms with E-state index in [1.54, 1.807) is 12.1 Å². The summed E-state index contributed by atoms with van der Waals surface area (Å²) in [5, 5.41) is 15.2. The van der Waals surface area contributed by atoms with Gasteiger partial charge in [-0.05, 0) is 37.4 Å². The van der Waals surface area contributed by atoms with Crippen LogP contribution in [0.5, 0.6) is 0 Å². The Morgan fingerprint density at radius 2 is 2.24 bits per heavy atom. The van der Waals surface area contributed by atoms with Crippen molar-refractivity contribution < 1.29 is 14.7 Å². The van der Waals surface area contributed by atoms with Crippen LogP contribution in [0.1, 0.15) is 36.5 Å². The summed E-state index contributed by atoms with van der Waals surface area (Å²) in [7, 11) is 0. The highest BCUT2D eigenvalue weighted by atomic mass is 35.5. The maximum atomic E-state index is 12.3. The molecule has 0 aliphatic carbocycles. The molecule has 21 heavy (non-hydrogen) atoms. The Morgan fingerprint density at radius 3 is 2.90 bits per heavy atom. The van der Waals surface area contributed by atoms with E-state index in [1.165, 1.54) is 6.07 Å². The van der Waals surface area contributed by atoms with Gasteiger partial charge in [-0.2, -0.15) is 0 Å². The van der Waals surface area contributed by atoms with E-state index in [-0.39, 0.29) is 28.2 Å². The fourth-order valence-corrected chi connectivity index (χ4v) is 2.89. The molecule has 2 unspecified atom stereocenters. The lowest BCUT2D eigenvalue weighted by Gasteiger charge is -2.29. The smallest absolute Gasteiger partial charge is 0.339 e. The van der Waals surface area contributed by atoms with Crippen molar-refractivity contribution >= 4 is 29.2 Å². The summed E-state index contributed by atoms with van der Waals surface area (Å²) in [6, 6.07) is 4.37. The first-order valence-electron chi connectivity index (χ1n) is 7.09. The fraction of sp³-hybridized carbons (Fsp3) is 0.467. The molecule has 2 atom stereocenters. The molecular formula is C15H19ClN2O3. The Balaban J connectivity index is 2.13. The van der Waals surface area contributed by atoms with Crippen molar-refractivity contribution in [2.24, 2.45) is 5.92 Å². The maximum Gasteiger partial charge on any atom is 0.339 e. The number of hydrogen-bond donors (Lipinski definition) is 3. The zero-order valence-corrected chi connectivity index (χ0v) is 12.6. The second-order valence-electron chi connectivity index (χ2n) is 5.26. The average molecular weight is 311 g/mol. The van der Waals surface area contributed by atoms with Crippen LogP contribution in [0.25, 0.3) is 0 Å². The zero-order chi connectivity index (χ0) is 15.4. The first kappa shape index (κ1) is 15.8. The van der Waals surface area contributed by atoms with Crippen LogP contribution >= 0.6 is 11.6 Å². The molecule has 0 spiro atoms. The lowest BCUT2D eigenvalue weighted by molar-refractivity contribution is -0.119. The molecule has 1 aliphatic rings. The summed E-state index contributed by atoms with van der Waals surface area (Å²) >= 11 is 5.89. The number of benzene rings is 1. The van der Waals surface area contributed by atoms with Crippen molar-refractivity contribution in [1.29, 1.82) is 0 Å². The summed E-state index contributed by atoms with van der Waals surface area (Å²) in [4.78, 5) is 23.6. The summed E-state index contributed by atoms with van der Waals surface area (Å²) in [6.07, 6.45) is 2.88. The van der Waals surface area contributed by atoms with E-state index in [2.05, 4.69) is 17.6 Å². The predicted octanol–water partition coefficient (Wildman–Crippen LogP) is 2.75. The number of carboxylic acid groups (broad SMARTS) is 1. The highest BCUT2D eigenvalue weighted by Gasteiger charge is 2.27. The van der Waals surface area contributed by atoms with E-state index in [0.29, 0.717) is 5.92 Å². The minimum Gasteiger partial charge on any atom is -0.478 e. The number of aromatic carboxylic acids is 1. The van der Waals surface area contributed by atoms with Gasteiger partial charge in [0, 0.05) is 0 Å². The first-order valence-corrected chi connectivity index (χ1v) is 7.46. The van der Waals surface area contributed by atoms with Crippen molar-refractivity contribution in [2.45, 2.75) is 32.2 Å². The minimum absolute atomic E-state index is 0.0737. The molecule has 5 nitrogen and oxygen atoms in total. The predicted molar refractivity (Wildman–Crippen MR) is 81.8 cm³/mol. The summed E-state index contributed by atoms with van der Waals surface area (Å²) in [5.41, 5.74) is 0.163. The second-order valence-corrected chi connectivity index (χ2v) is 5.67. The number of piperidine rings is 1. The Bertz CT molecular complexity index is 548. The van der Waals surface area contributed by atoms with Gasteiger partial charge >= 0.3 is 5.97 Å². The van der Waals surface area contributed by atoms with Crippen LogP contribution in [0, 0.1) is 5.92 Å². The molecule has 3 N–H and O–H groups in total. The number of halogens is 1. The van der Waals surface area contributed by atoms with E-state index in [9.17, 15) is 14.7 Å². The van der Waals surface area contributed by atoms with Crippen molar-refractivity contribution in [3.8, 4) is 0 Å². The maximum absolute atomic E-state index is 12.3. The van der Waals surface area contributed by atoms with Gasteiger partial charge in [-0.3, -0.25) is 4.79 Å². The van der Waals surface area contributed by atoms with Crippen molar-refractivity contribution in [3.05, 3.63) is 28.8 Å². The Labute approximate surface area is 128 Å². The quantitative estimate of drug-likeness (QED) is 0.799. The molecule has 1 fully saturated rings. The van der Waals surface area contributed by atoms with E-state index in [0.717, 1.165) is 25.8 Å². The third-order valence-electron chi connectivity index (χ3n) is 3.89. The molecule has 1 heterocycles. The number of carboxylic acids is 1. The van der Waals surface area contributed by atoms with Crippen LogP contribution in [0.15, 0.2) is 18.2 Å². The first-order chi connectivity index (χ1) is 10.0. The molecule has 1 saturated heterocycles. The van der Waals surface area contributed by atoms with Crippen molar-refractivity contribution in [1.82, 2.24) is 5.32 Å². The number of amides is 1. The van der Waals surface area contributed by atoms with Gasteiger partial charge in [-0.25, -0.2) is 4.79 Å². The molecule has 2 rings (SSSR count). The third kappa shape index (κ3) is 3.74. The largest absolute Gasteiger partial charge is 0.478 e. The van der Waals surface area contributed by atoms with Crippen LogP contribution in [0.3, 0.4) is 0 Å². The summed E-state index contributed by atoms with van der Waals surface area (Å²) in [6.45, 7) is 2.92. The number of carbonyl (C=O) groups excluding carboxylic acids is 1. The molecule has 0 radical (unpaired) electrons. The number of hydrogen-bond acceptors (Lipinski definition) is 3. The van der Waals surface area contributed by atoms with Crippen LogP contribution in [0.4, 0.5) is 5.69 Å². The Morgan fingerprint density at radius 1 is 1.48 bits per heavy atom. The van der Waals surface area contributed by atoms with Crippen LogP contribution in [0.2, 0.25) is 5.02 Å². The summed E-state index contributed by atoms with van der Waals surface area (Å²) < 4.78 is 0. The van der Waals surface area contributed by atoms with Crippen molar-refractivity contribution in [2.75, 3.05) is 11.9 Å². The van der Waals surface area contributed by atoms with Gasteiger partial charge in [-0.15, -0.1) is 0 Å². The third-order valence-corrected chi connectivity index (χ3v) is 4.21. The average Bonchev–Trinajstić information content (AvgIpc) is 2.47. The topological polar surface area (TPSA) is 78.4 Å². The molecule has 0 bridgehead atoms. The summed E-state index contributed by atoms with van der Waals surface area (Å²) in [5.74, 6) is -0.836. The van der Waals surface area contributed by atoms with E-state index >= 15 is 0 Å². The van der Waals surface area contributed by atoms with Crippen molar-refractivity contribution in [3.63, 3.8) is 0 Å². The highest BCUT2D eigenvalue weighted by Crippen LogP contribution is 2.25. The monoisotopic (exact) mass is 310 g/mol. The van der Waals surface area contributed by atoms with Gasteiger partial charge in [0.25, 0.3) is 0 Å². The number of rotatable bonds is 4. The van der Waals surface area contributed by atoms with Crippen LogP contribution in [-0.2, 0) is 4.79 Å². The van der Waals surface area contributed by atoms with E-state index in [1.807, 2.05) is 0 Å². The minimum atomic E-state index is -1.15. The van der Waals surface area contributed by atoms with E-state index < -0.39 is 5.97 Å². The highest BCUT2D eigenvalue weighted by molar-refractivity contribution is 6.34. The molecule has 114 valence electrons. The molecular weight excluding hydrogens is 292 g/mol. The second kappa shape index (κ2) is 6.91. The number of anilines is 1. The van der Waals surface area contributed by atoms with Crippen LogP contribution < -0.4 is 10.6 Å². The fourth-order valence-electron chi connectivity index (χ4n) is 2.63. The molecule has 1 aromatic carbocycles. The van der Waals surface area contributed by atoms with Gasteiger partial charge < -0.3 is 15.7 Å². The molecule has 1 amide bonds. The molecule has 0 aromatic heterocycles. The molecule has 1 aliphatic heterocycles.